The molecular formula is C105H60F4N4. The lowest BCUT2D eigenvalue weighted by Gasteiger charge is -2.14. The van der Waals surface area contributed by atoms with Crippen LogP contribution in [0.1, 0.15) is 5.56 Å². The van der Waals surface area contributed by atoms with Crippen molar-refractivity contribution < 1.29 is 17.6 Å². The third-order valence-corrected chi connectivity index (χ3v) is 24.3. The third kappa shape index (κ3) is 9.38. The first-order valence-electron chi connectivity index (χ1n) is 38.3. The molecule has 0 unspecified atom stereocenters. The fourth-order valence-corrected chi connectivity index (χ4v) is 19.3. The summed E-state index contributed by atoms with van der Waals surface area (Å²) >= 11 is 0. The van der Waals surface area contributed by atoms with E-state index in [1.54, 1.807) is 24.3 Å². The quantitative estimate of drug-likeness (QED) is 0.128. The summed E-state index contributed by atoms with van der Waals surface area (Å²) < 4.78 is 65.8. The summed E-state index contributed by atoms with van der Waals surface area (Å²) in [7, 11) is 0. The monoisotopic (exact) mass is 1450 g/mol. The minimum Gasteiger partial charge on any atom is -0.309 e. The van der Waals surface area contributed by atoms with E-state index < -0.39 is 11.7 Å². The average molecular weight is 1450 g/mol. The minimum absolute atomic E-state index is 0.299. The van der Waals surface area contributed by atoms with Crippen molar-refractivity contribution in [3.05, 3.63) is 375 Å². The van der Waals surface area contributed by atoms with E-state index in [-0.39, 0.29) is 5.82 Å². The molecule has 2 aliphatic rings. The molecule has 0 spiro atoms. The van der Waals surface area contributed by atoms with Gasteiger partial charge in [0.15, 0.2) is 0 Å². The smallest absolute Gasteiger partial charge is 0.309 e. The molecule has 4 aromatic heterocycles. The van der Waals surface area contributed by atoms with Crippen LogP contribution in [0.2, 0.25) is 0 Å². The predicted octanol–water partition coefficient (Wildman–Crippen LogP) is 29.2. The van der Waals surface area contributed by atoms with Gasteiger partial charge < -0.3 is 18.3 Å². The number of halogens is 4. The average Bonchev–Trinajstić information content (AvgIpc) is 1.59. The Balaban J connectivity index is 0.639. The van der Waals surface area contributed by atoms with Gasteiger partial charge in [-0.25, -0.2) is 4.39 Å². The summed E-state index contributed by atoms with van der Waals surface area (Å²) in [5, 5.41) is 13.7. The molecule has 22 aromatic rings. The molecule has 2 aliphatic carbocycles. The Kier molecular flexibility index (Phi) is 13.3. The maximum Gasteiger partial charge on any atom is 0.416 e. The Morgan fingerprint density at radius 2 is 0.478 bits per heavy atom. The Morgan fingerprint density at radius 1 is 0.177 bits per heavy atom. The van der Waals surface area contributed by atoms with Crippen LogP contribution in [-0.2, 0) is 6.18 Å². The van der Waals surface area contributed by atoms with Crippen molar-refractivity contribution in [2.45, 2.75) is 6.18 Å². The van der Waals surface area contributed by atoms with E-state index in [0.717, 1.165) is 150 Å². The predicted molar refractivity (Wildman–Crippen MR) is 460 cm³/mol. The van der Waals surface area contributed by atoms with E-state index in [2.05, 4.69) is 311 Å². The molecule has 528 valence electrons. The van der Waals surface area contributed by atoms with Crippen molar-refractivity contribution >= 4 is 109 Å². The van der Waals surface area contributed by atoms with Gasteiger partial charge in [-0.05, 0) is 267 Å². The van der Waals surface area contributed by atoms with Crippen molar-refractivity contribution in [3.8, 4) is 123 Å². The van der Waals surface area contributed by atoms with Crippen LogP contribution in [0.25, 0.3) is 232 Å². The summed E-state index contributed by atoms with van der Waals surface area (Å²) in [4.78, 5) is 0. The maximum atomic E-state index is 15.1. The lowest BCUT2D eigenvalue weighted by Crippen LogP contribution is -2.05. The van der Waals surface area contributed by atoms with Gasteiger partial charge >= 0.3 is 6.18 Å². The van der Waals surface area contributed by atoms with Gasteiger partial charge in [0.25, 0.3) is 0 Å². The number of fused-ring (bicyclic) bond motifs is 18. The van der Waals surface area contributed by atoms with E-state index in [0.29, 0.717) is 5.69 Å². The van der Waals surface area contributed by atoms with Crippen LogP contribution in [0, 0.1) is 5.82 Å². The van der Waals surface area contributed by atoms with Crippen LogP contribution in [0.3, 0.4) is 0 Å². The molecular weight excluding hydrogens is 1390 g/mol. The minimum atomic E-state index is -4.45. The fourth-order valence-electron chi connectivity index (χ4n) is 19.3. The lowest BCUT2D eigenvalue weighted by atomic mass is 9.94. The fraction of sp³-hybridized carbons (Fsp3) is 0.00952. The normalized spacial score (nSPS) is 12.4. The van der Waals surface area contributed by atoms with Crippen molar-refractivity contribution in [1.29, 1.82) is 0 Å². The summed E-state index contributed by atoms with van der Waals surface area (Å²) in [6.07, 6.45) is -4.45. The zero-order chi connectivity index (χ0) is 74.6. The highest BCUT2D eigenvalue weighted by Crippen LogP contribution is 2.53. The van der Waals surface area contributed by atoms with Crippen LogP contribution < -0.4 is 0 Å². The first-order chi connectivity index (χ1) is 55.6. The summed E-state index contributed by atoms with van der Waals surface area (Å²) in [5.74, 6) is -0.299. The van der Waals surface area contributed by atoms with Gasteiger partial charge in [0, 0.05) is 65.8 Å². The molecule has 18 aromatic carbocycles. The van der Waals surface area contributed by atoms with Crippen LogP contribution in [0.4, 0.5) is 17.6 Å². The van der Waals surface area contributed by atoms with Gasteiger partial charge in [0.2, 0.25) is 0 Å². The van der Waals surface area contributed by atoms with E-state index in [1.807, 2.05) is 34.9 Å². The van der Waals surface area contributed by atoms with Crippen molar-refractivity contribution in [3.63, 3.8) is 0 Å². The van der Waals surface area contributed by atoms with Crippen molar-refractivity contribution in [2.75, 3.05) is 0 Å². The zero-order valence-corrected chi connectivity index (χ0v) is 60.4. The van der Waals surface area contributed by atoms with Crippen molar-refractivity contribution in [1.82, 2.24) is 18.3 Å². The van der Waals surface area contributed by atoms with Crippen LogP contribution in [0.5, 0.6) is 0 Å². The second kappa shape index (κ2) is 23.7. The van der Waals surface area contributed by atoms with Crippen molar-refractivity contribution in [2.24, 2.45) is 0 Å². The zero-order valence-electron chi connectivity index (χ0n) is 60.4. The van der Waals surface area contributed by atoms with Gasteiger partial charge in [0.05, 0.1) is 49.7 Å². The second-order valence-electron chi connectivity index (χ2n) is 30.3. The number of hydrogen-bond acceptors (Lipinski definition) is 0. The topological polar surface area (TPSA) is 19.7 Å². The lowest BCUT2D eigenvalue weighted by molar-refractivity contribution is -0.137. The van der Waals surface area contributed by atoms with Gasteiger partial charge in [-0.2, -0.15) is 13.2 Å². The Bertz CT molecular complexity index is 7860. The van der Waals surface area contributed by atoms with E-state index >= 15 is 4.39 Å². The van der Waals surface area contributed by atoms with E-state index in [1.165, 1.54) is 88.0 Å². The molecule has 113 heavy (non-hydrogen) atoms. The van der Waals surface area contributed by atoms with Crippen LogP contribution in [-0.4, -0.2) is 18.3 Å². The van der Waals surface area contributed by atoms with Crippen LogP contribution >= 0.6 is 0 Å². The molecule has 0 bridgehead atoms. The number of rotatable bonds is 9. The molecule has 0 N–H and O–H groups in total. The Labute approximate surface area is 645 Å². The Hall–Kier alpha value is -14.6. The standard InChI is InChI=1S/C105H60F4N4/c106-70-37-41-72(42-38-70)111-98-50-32-63(62-33-51-99-92(56-62)82-22-6-8-28-96(82)112(99)73-15-9-13-67(53-73)75-45-47-89-79-19-3-1-17-77(79)87-25-11-23-85(75)103(87)89)57-93(98)83-43-29-65(59-101(83)111)66-30-44-84-94-58-64(61-31-49-97-91(55-61)81-21-5-7-27-95(81)110(97)71-39-35-69(36-40-71)105(107,108)109)34-52-100(94)113(102(84)60-66)74-16-10-14-68(54-74)76-46-48-90-80-20-4-2-18-78(80)88-26-12-24-86(76)104(88)90/h1-60H. The number of alkyl halides is 3. The Morgan fingerprint density at radius 3 is 0.903 bits per heavy atom. The molecule has 0 amide bonds. The van der Waals surface area contributed by atoms with Gasteiger partial charge in [-0.1, -0.05) is 218 Å². The number of nitrogens with zero attached hydrogens (tertiary/aromatic N) is 4. The number of benzene rings is 18. The molecule has 4 nitrogen and oxygen atoms in total. The molecule has 24 rings (SSSR count). The largest absolute Gasteiger partial charge is 0.416 e. The first kappa shape index (κ1) is 63.3. The molecule has 8 heteroatoms. The number of para-hydroxylation sites is 2. The highest BCUT2D eigenvalue weighted by atomic mass is 19.4. The molecule has 0 radical (unpaired) electrons. The SMILES string of the molecule is Fc1ccc(-n2c3ccc(-c4ccc5c(c4)c4ccccc4n5-c4cccc(-c5ccc6c7c(cccc57)-c5ccccc5-6)c4)cc3c3ccc(-c4ccc5c6cc(-c7ccc8c(c7)c7ccccc7n8-c7ccc(C(F)(F)F)cc7)ccc6n(-c6cccc(-c7ccc8c9c(cccc79)-c7ccccc7-8)c6)c5c4)cc32)cc1. The molecule has 0 saturated heterocycles. The summed E-state index contributed by atoms with van der Waals surface area (Å²) in [6.45, 7) is 0. The highest BCUT2D eigenvalue weighted by Gasteiger charge is 2.31. The van der Waals surface area contributed by atoms with Gasteiger partial charge in [0.1, 0.15) is 5.82 Å². The van der Waals surface area contributed by atoms with E-state index in [4.69, 9.17) is 0 Å². The molecule has 4 heterocycles. The molecule has 0 atom stereocenters. The maximum absolute atomic E-state index is 15.1. The summed E-state index contributed by atoms with van der Waals surface area (Å²) in [6, 6.07) is 128. The highest BCUT2D eigenvalue weighted by molar-refractivity contribution is 6.22. The third-order valence-electron chi connectivity index (χ3n) is 24.3. The van der Waals surface area contributed by atoms with Crippen LogP contribution in [0.15, 0.2) is 364 Å². The molecule has 0 saturated carbocycles. The van der Waals surface area contributed by atoms with Gasteiger partial charge in [-0.3, -0.25) is 0 Å². The molecule has 0 aliphatic heterocycles. The van der Waals surface area contributed by atoms with E-state index in [9.17, 15) is 13.2 Å². The second-order valence-corrected chi connectivity index (χ2v) is 30.3. The first-order valence-corrected chi connectivity index (χ1v) is 38.3. The number of aromatic nitrogens is 4. The molecule has 0 fully saturated rings. The number of hydrogen-bond donors (Lipinski definition) is 0. The van der Waals surface area contributed by atoms with Gasteiger partial charge in [-0.15, -0.1) is 0 Å². The summed E-state index contributed by atoms with van der Waals surface area (Å²) in [5.41, 5.74) is 32.2.